The number of hydrogen-bond acceptors (Lipinski definition) is 4. The maximum atomic E-state index is 13.5. The van der Waals surface area contributed by atoms with Gasteiger partial charge in [0.2, 0.25) is 0 Å². The van der Waals surface area contributed by atoms with Crippen molar-refractivity contribution in [1.29, 1.82) is 0 Å². The van der Waals surface area contributed by atoms with Crippen LogP contribution in [0.25, 0.3) is 0 Å². The minimum atomic E-state index is -0.837. The fourth-order valence-electron chi connectivity index (χ4n) is 1.92. The van der Waals surface area contributed by atoms with E-state index in [1.165, 1.54) is 6.07 Å². The Balaban J connectivity index is 1.89. The van der Waals surface area contributed by atoms with Crippen LogP contribution in [0.15, 0.2) is 24.3 Å². The van der Waals surface area contributed by atoms with E-state index >= 15 is 0 Å². The van der Waals surface area contributed by atoms with Crippen LogP contribution in [0.2, 0.25) is 0 Å². The smallest absolute Gasteiger partial charge is 0.129 e. The van der Waals surface area contributed by atoms with Crippen molar-refractivity contribution >= 4 is 11.3 Å². The van der Waals surface area contributed by atoms with Crippen LogP contribution in [-0.2, 0) is 6.54 Å². The molecule has 1 aromatic carbocycles. The lowest BCUT2D eigenvalue weighted by Gasteiger charge is -2.12. The van der Waals surface area contributed by atoms with E-state index in [1.54, 1.807) is 29.5 Å². The molecule has 1 atom stereocenters. The molecule has 19 heavy (non-hydrogen) atoms. The quantitative estimate of drug-likeness (QED) is 0.885. The summed E-state index contributed by atoms with van der Waals surface area (Å²) in [6.45, 7) is 4.89. The first-order chi connectivity index (χ1) is 9.08. The Hall–Kier alpha value is -1.30. The summed E-state index contributed by atoms with van der Waals surface area (Å²) in [6, 6.07) is 6.29. The standard InChI is InChI=1S/C14H17FN2OS/c1-9-14(19-10(2)17-9)8-16-7-13(18)11-5-3-4-6-12(11)15/h3-6,13,16,18H,7-8H2,1-2H3. The zero-order chi connectivity index (χ0) is 13.8. The van der Waals surface area contributed by atoms with Gasteiger partial charge in [0, 0.05) is 23.5 Å². The molecule has 2 aromatic rings. The molecule has 0 amide bonds. The van der Waals surface area contributed by atoms with Crippen molar-refractivity contribution < 1.29 is 9.50 Å². The van der Waals surface area contributed by atoms with E-state index in [-0.39, 0.29) is 5.82 Å². The number of nitrogens with zero attached hydrogens (tertiary/aromatic N) is 1. The van der Waals surface area contributed by atoms with Gasteiger partial charge in [-0.1, -0.05) is 18.2 Å². The lowest BCUT2D eigenvalue weighted by Crippen LogP contribution is -2.21. The predicted molar refractivity (Wildman–Crippen MR) is 74.7 cm³/mol. The normalized spacial score (nSPS) is 12.6. The van der Waals surface area contributed by atoms with Gasteiger partial charge in [0.1, 0.15) is 5.82 Å². The molecule has 2 rings (SSSR count). The van der Waals surface area contributed by atoms with Gasteiger partial charge in [-0.05, 0) is 19.9 Å². The second-order valence-corrected chi connectivity index (χ2v) is 5.70. The second kappa shape index (κ2) is 6.23. The van der Waals surface area contributed by atoms with Crippen LogP contribution in [0.4, 0.5) is 4.39 Å². The molecular formula is C14H17FN2OS. The van der Waals surface area contributed by atoms with Crippen LogP contribution in [0.3, 0.4) is 0 Å². The first-order valence-corrected chi connectivity index (χ1v) is 6.95. The lowest BCUT2D eigenvalue weighted by molar-refractivity contribution is 0.170. The highest BCUT2D eigenvalue weighted by Crippen LogP contribution is 2.18. The number of hydrogen-bond donors (Lipinski definition) is 2. The number of aliphatic hydroxyl groups is 1. The molecule has 3 nitrogen and oxygen atoms in total. The first-order valence-electron chi connectivity index (χ1n) is 6.14. The molecule has 0 radical (unpaired) electrons. The monoisotopic (exact) mass is 280 g/mol. The Labute approximate surface area is 116 Å². The third kappa shape index (κ3) is 3.59. The number of rotatable bonds is 5. The molecule has 5 heteroatoms. The van der Waals surface area contributed by atoms with E-state index in [4.69, 9.17) is 0 Å². The van der Waals surface area contributed by atoms with Crippen LogP contribution < -0.4 is 5.32 Å². The van der Waals surface area contributed by atoms with Crippen molar-refractivity contribution in [2.45, 2.75) is 26.5 Å². The number of nitrogens with one attached hydrogen (secondary N) is 1. The largest absolute Gasteiger partial charge is 0.387 e. The summed E-state index contributed by atoms with van der Waals surface area (Å²) in [5, 5.41) is 14.1. The topological polar surface area (TPSA) is 45.2 Å². The first kappa shape index (κ1) is 14.1. The van der Waals surface area contributed by atoms with E-state index in [2.05, 4.69) is 10.3 Å². The van der Waals surface area contributed by atoms with Crippen LogP contribution in [0.5, 0.6) is 0 Å². The SMILES string of the molecule is Cc1nc(C)c(CNCC(O)c2ccccc2F)s1. The maximum absolute atomic E-state index is 13.5. The van der Waals surface area contributed by atoms with Gasteiger partial charge in [-0.15, -0.1) is 11.3 Å². The Morgan fingerprint density at radius 3 is 2.74 bits per heavy atom. The second-order valence-electron chi connectivity index (χ2n) is 4.41. The van der Waals surface area contributed by atoms with Crippen molar-refractivity contribution in [3.8, 4) is 0 Å². The molecule has 0 saturated carbocycles. The molecule has 0 spiro atoms. The number of aliphatic hydroxyl groups excluding tert-OH is 1. The Morgan fingerprint density at radius 2 is 2.11 bits per heavy atom. The van der Waals surface area contributed by atoms with Crippen molar-refractivity contribution in [2.75, 3.05) is 6.54 Å². The number of halogens is 1. The van der Waals surface area contributed by atoms with E-state index < -0.39 is 6.10 Å². The molecule has 102 valence electrons. The molecule has 0 bridgehead atoms. The molecule has 0 fully saturated rings. The van der Waals surface area contributed by atoms with Gasteiger partial charge in [0.15, 0.2) is 0 Å². The summed E-state index contributed by atoms with van der Waals surface area (Å²) in [4.78, 5) is 5.49. The number of thiazole rings is 1. The molecule has 2 N–H and O–H groups in total. The van der Waals surface area contributed by atoms with Gasteiger partial charge in [-0.25, -0.2) is 9.37 Å². The Morgan fingerprint density at radius 1 is 1.37 bits per heavy atom. The average molecular weight is 280 g/mol. The molecule has 0 saturated heterocycles. The van der Waals surface area contributed by atoms with Crippen molar-refractivity contribution in [2.24, 2.45) is 0 Å². The molecule has 1 unspecified atom stereocenters. The number of aryl methyl sites for hydroxylation is 2. The van der Waals surface area contributed by atoms with Crippen molar-refractivity contribution in [3.63, 3.8) is 0 Å². The van der Waals surface area contributed by atoms with E-state index in [0.29, 0.717) is 18.7 Å². The number of aromatic nitrogens is 1. The summed E-state index contributed by atoms with van der Waals surface area (Å²) in [5.41, 5.74) is 1.34. The maximum Gasteiger partial charge on any atom is 0.129 e. The fraction of sp³-hybridized carbons (Fsp3) is 0.357. The zero-order valence-corrected chi connectivity index (χ0v) is 11.8. The summed E-state index contributed by atoms with van der Waals surface area (Å²) in [7, 11) is 0. The lowest BCUT2D eigenvalue weighted by atomic mass is 10.1. The highest BCUT2D eigenvalue weighted by Gasteiger charge is 2.12. The molecule has 1 heterocycles. The van der Waals surface area contributed by atoms with Crippen LogP contribution in [0, 0.1) is 19.7 Å². The van der Waals surface area contributed by atoms with Gasteiger partial charge >= 0.3 is 0 Å². The number of benzene rings is 1. The van der Waals surface area contributed by atoms with Gasteiger partial charge in [0.25, 0.3) is 0 Å². The van der Waals surface area contributed by atoms with E-state index in [1.807, 2.05) is 13.8 Å². The average Bonchev–Trinajstić information content (AvgIpc) is 2.68. The molecule has 1 aromatic heterocycles. The molecule has 0 aliphatic heterocycles. The summed E-state index contributed by atoms with van der Waals surface area (Å²) in [6.07, 6.45) is -0.837. The van der Waals surface area contributed by atoms with Crippen molar-refractivity contribution in [3.05, 3.63) is 51.2 Å². The van der Waals surface area contributed by atoms with Gasteiger partial charge in [-0.2, -0.15) is 0 Å². The van der Waals surface area contributed by atoms with Gasteiger partial charge < -0.3 is 10.4 Å². The van der Waals surface area contributed by atoms with Crippen molar-refractivity contribution in [1.82, 2.24) is 10.3 Å². The van der Waals surface area contributed by atoms with Gasteiger partial charge in [0.05, 0.1) is 16.8 Å². The van der Waals surface area contributed by atoms with Gasteiger partial charge in [-0.3, -0.25) is 0 Å². The molecule has 0 aliphatic rings. The summed E-state index contributed by atoms with van der Waals surface area (Å²) in [5.74, 6) is -0.374. The van der Waals surface area contributed by atoms with E-state index in [0.717, 1.165) is 15.6 Å². The minimum Gasteiger partial charge on any atom is -0.387 e. The molecule has 0 aliphatic carbocycles. The van der Waals surface area contributed by atoms with E-state index in [9.17, 15) is 9.50 Å². The zero-order valence-electron chi connectivity index (χ0n) is 11.0. The Bertz CT molecular complexity index is 556. The van der Waals surface area contributed by atoms with Crippen LogP contribution in [0.1, 0.15) is 27.2 Å². The third-order valence-corrected chi connectivity index (χ3v) is 3.96. The third-order valence-electron chi connectivity index (χ3n) is 2.89. The fourth-order valence-corrected chi connectivity index (χ4v) is 2.82. The van der Waals surface area contributed by atoms with Crippen LogP contribution in [-0.4, -0.2) is 16.6 Å². The summed E-state index contributed by atoms with van der Waals surface area (Å²) < 4.78 is 13.5. The highest BCUT2D eigenvalue weighted by atomic mass is 32.1. The summed E-state index contributed by atoms with van der Waals surface area (Å²) >= 11 is 1.64. The highest BCUT2D eigenvalue weighted by molar-refractivity contribution is 7.11. The van der Waals surface area contributed by atoms with Crippen LogP contribution >= 0.6 is 11.3 Å². The predicted octanol–water partition coefficient (Wildman–Crippen LogP) is 2.72. The molecular weight excluding hydrogens is 263 g/mol. The Kier molecular flexibility index (Phi) is 4.63. The minimum absolute atomic E-state index is 0.317.